The van der Waals surface area contributed by atoms with Crippen molar-refractivity contribution in [1.82, 2.24) is 19.7 Å². The molecular formula is C27H20FN5O. The third kappa shape index (κ3) is 3.47. The van der Waals surface area contributed by atoms with Crippen LogP contribution in [0.3, 0.4) is 0 Å². The fourth-order valence-electron chi connectivity index (χ4n) is 4.38. The van der Waals surface area contributed by atoms with E-state index in [2.05, 4.69) is 28.2 Å². The normalized spacial score (nSPS) is 13.1. The smallest absolute Gasteiger partial charge is 0.164 e. The zero-order valence-electron chi connectivity index (χ0n) is 18.1. The number of nitrogens with zero attached hydrogens (tertiary/aromatic N) is 4. The van der Waals surface area contributed by atoms with Crippen molar-refractivity contribution in [1.29, 1.82) is 0 Å². The van der Waals surface area contributed by atoms with Gasteiger partial charge in [0.15, 0.2) is 5.65 Å². The first-order valence-electron chi connectivity index (χ1n) is 10.9. The maximum Gasteiger partial charge on any atom is 0.164 e. The summed E-state index contributed by atoms with van der Waals surface area (Å²) in [5.41, 5.74) is 11.2. The first kappa shape index (κ1) is 20.1. The van der Waals surface area contributed by atoms with Gasteiger partial charge in [0.1, 0.15) is 41.7 Å². The number of anilines is 1. The molecule has 6 nitrogen and oxygen atoms in total. The number of para-hydroxylation sites is 1. The summed E-state index contributed by atoms with van der Waals surface area (Å²) in [6.07, 6.45) is 2.15. The number of halogens is 1. The van der Waals surface area contributed by atoms with E-state index in [0.717, 1.165) is 34.6 Å². The molecule has 5 aromatic rings. The Balaban J connectivity index is 1.51. The van der Waals surface area contributed by atoms with E-state index in [1.807, 2.05) is 36.4 Å². The predicted molar refractivity (Wildman–Crippen MR) is 129 cm³/mol. The lowest BCUT2D eigenvalue weighted by atomic mass is 9.94. The van der Waals surface area contributed by atoms with Crippen LogP contribution in [0.4, 0.5) is 10.2 Å². The summed E-state index contributed by atoms with van der Waals surface area (Å²) in [6.45, 7) is 0.334. The summed E-state index contributed by atoms with van der Waals surface area (Å²) >= 11 is 0. The molecule has 0 radical (unpaired) electrons. The van der Waals surface area contributed by atoms with Gasteiger partial charge in [0.25, 0.3) is 0 Å². The number of allylic oxidation sites excluding steroid dienone is 2. The summed E-state index contributed by atoms with van der Waals surface area (Å²) < 4.78 is 22.1. The largest absolute Gasteiger partial charge is 0.459 e. The van der Waals surface area contributed by atoms with E-state index < -0.39 is 0 Å². The van der Waals surface area contributed by atoms with E-state index in [1.54, 1.807) is 16.8 Å². The fraction of sp³-hybridized carbons (Fsp3) is 0.0741. The van der Waals surface area contributed by atoms with Crippen molar-refractivity contribution >= 4 is 22.4 Å². The van der Waals surface area contributed by atoms with Crippen LogP contribution in [-0.4, -0.2) is 19.7 Å². The average molecular weight is 449 g/mol. The van der Waals surface area contributed by atoms with Crippen LogP contribution in [0.15, 0.2) is 90.9 Å². The molecule has 0 aliphatic carbocycles. The minimum atomic E-state index is -0.350. The highest BCUT2D eigenvalue weighted by molar-refractivity contribution is 5.98. The van der Waals surface area contributed by atoms with Gasteiger partial charge in [-0.25, -0.2) is 19.0 Å². The zero-order chi connectivity index (χ0) is 23.1. The van der Waals surface area contributed by atoms with Crippen LogP contribution in [0.5, 0.6) is 5.75 Å². The highest BCUT2D eigenvalue weighted by Gasteiger charge is 2.24. The number of aromatic nitrogens is 4. The molecule has 0 saturated carbocycles. The number of fused-ring (bicyclic) bond motifs is 2. The van der Waals surface area contributed by atoms with Crippen molar-refractivity contribution in [3.05, 3.63) is 108 Å². The molecule has 34 heavy (non-hydrogen) atoms. The molecule has 166 valence electrons. The Hall–Kier alpha value is -4.52. The fourth-order valence-corrected chi connectivity index (χ4v) is 4.38. The summed E-state index contributed by atoms with van der Waals surface area (Å²) in [7, 11) is 0. The molecule has 2 N–H and O–H groups in total. The standard InChI is InChI=1S/C27H20FN5O/c28-20-11-6-10-19(13-20)25-24-26(29)30-16-31-27(24)33(32-25)15-23-21(17-7-2-1-3-8-17)14-18-9-4-5-12-22(18)34-23/h1-13,16H,14-15H2,(H2,29,30,31). The van der Waals surface area contributed by atoms with Gasteiger partial charge in [0, 0.05) is 17.6 Å². The van der Waals surface area contributed by atoms with Crippen LogP contribution in [0.25, 0.3) is 27.9 Å². The van der Waals surface area contributed by atoms with Gasteiger partial charge < -0.3 is 10.5 Å². The highest BCUT2D eigenvalue weighted by atomic mass is 19.1. The number of ether oxygens (including phenoxy) is 1. The third-order valence-electron chi connectivity index (χ3n) is 5.98. The van der Waals surface area contributed by atoms with E-state index in [9.17, 15) is 4.39 Å². The Kier molecular flexibility index (Phi) is 4.80. The molecule has 1 aliphatic rings. The van der Waals surface area contributed by atoms with Crippen LogP contribution in [-0.2, 0) is 13.0 Å². The van der Waals surface area contributed by atoms with Gasteiger partial charge in [-0.05, 0) is 29.3 Å². The van der Waals surface area contributed by atoms with Crippen LogP contribution in [0.2, 0.25) is 0 Å². The lowest BCUT2D eigenvalue weighted by Gasteiger charge is -2.24. The lowest BCUT2D eigenvalue weighted by Crippen LogP contribution is -2.16. The number of rotatable bonds is 4. The predicted octanol–water partition coefficient (Wildman–Crippen LogP) is 5.26. The van der Waals surface area contributed by atoms with Crippen LogP contribution >= 0.6 is 0 Å². The third-order valence-corrected chi connectivity index (χ3v) is 5.98. The molecule has 0 unspecified atom stereocenters. The molecule has 0 atom stereocenters. The zero-order valence-corrected chi connectivity index (χ0v) is 18.1. The SMILES string of the molecule is Nc1ncnc2c1c(-c1cccc(F)c1)nn2CC1=C(c2ccccc2)Cc2ccccc2O1. The molecule has 3 heterocycles. The second-order valence-corrected chi connectivity index (χ2v) is 8.13. The number of hydrogen-bond donors (Lipinski definition) is 1. The van der Waals surface area contributed by atoms with Crippen molar-refractivity contribution in [2.75, 3.05) is 5.73 Å². The van der Waals surface area contributed by atoms with E-state index in [4.69, 9.17) is 15.6 Å². The molecule has 7 heteroatoms. The van der Waals surface area contributed by atoms with Crippen molar-refractivity contribution in [3.8, 4) is 17.0 Å². The van der Waals surface area contributed by atoms with Crippen LogP contribution in [0, 0.1) is 5.82 Å². The van der Waals surface area contributed by atoms with E-state index >= 15 is 0 Å². The highest BCUT2D eigenvalue weighted by Crippen LogP contribution is 2.37. The van der Waals surface area contributed by atoms with Gasteiger partial charge in [-0.1, -0.05) is 60.7 Å². The van der Waals surface area contributed by atoms with Crippen molar-refractivity contribution < 1.29 is 9.13 Å². The second-order valence-electron chi connectivity index (χ2n) is 8.13. The maximum absolute atomic E-state index is 14.0. The number of benzene rings is 3. The quantitative estimate of drug-likeness (QED) is 0.405. The second kappa shape index (κ2) is 8.12. The molecule has 0 fully saturated rings. The molecule has 0 amide bonds. The summed E-state index contributed by atoms with van der Waals surface area (Å²) in [4.78, 5) is 8.60. The van der Waals surface area contributed by atoms with Gasteiger partial charge in [-0.2, -0.15) is 5.10 Å². The molecule has 1 aliphatic heterocycles. The Morgan fingerprint density at radius 1 is 0.912 bits per heavy atom. The topological polar surface area (TPSA) is 78.9 Å². The first-order valence-corrected chi connectivity index (χ1v) is 10.9. The van der Waals surface area contributed by atoms with Crippen molar-refractivity contribution in [3.63, 3.8) is 0 Å². The van der Waals surface area contributed by atoms with Gasteiger partial charge >= 0.3 is 0 Å². The molecule has 2 aromatic heterocycles. The average Bonchev–Trinajstić information content (AvgIpc) is 3.24. The van der Waals surface area contributed by atoms with E-state index in [0.29, 0.717) is 34.7 Å². The van der Waals surface area contributed by atoms with Crippen molar-refractivity contribution in [2.45, 2.75) is 13.0 Å². The van der Waals surface area contributed by atoms with Gasteiger partial charge in [0.05, 0.1) is 5.39 Å². The monoisotopic (exact) mass is 449 g/mol. The Morgan fingerprint density at radius 2 is 1.71 bits per heavy atom. The number of hydrogen-bond acceptors (Lipinski definition) is 5. The molecule has 0 saturated heterocycles. The lowest BCUT2D eigenvalue weighted by molar-refractivity contribution is 0.376. The van der Waals surface area contributed by atoms with Gasteiger partial charge in [0.2, 0.25) is 0 Å². The molecule has 6 rings (SSSR count). The van der Waals surface area contributed by atoms with Crippen molar-refractivity contribution in [2.24, 2.45) is 0 Å². The minimum absolute atomic E-state index is 0.294. The molecule has 0 bridgehead atoms. The molecule has 0 spiro atoms. The Bertz CT molecular complexity index is 1560. The van der Waals surface area contributed by atoms with Crippen LogP contribution in [0.1, 0.15) is 11.1 Å². The van der Waals surface area contributed by atoms with Gasteiger partial charge in [-0.15, -0.1) is 0 Å². The summed E-state index contributed by atoms with van der Waals surface area (Å²) in [5, 5.41) is 5.38. The Morgan fingerprint density at radius 3 is 2.56 bits per heavy atom. The maximum atomic E-state index is 14.0. The Labute approximate surface area is 195 Å². The summed E-state index contributed by atoms with van der Waals surface area (Å²) in [5.74, 6) is 1.55. The molecule has 3 aromatic carbocycles. The van der Waals surface area contributed by atoms with Crippen LogP contribution < -0.4 is 10.5 Å². The van der Waals surface area contributed by atoms with Gasteiger partial charge in [-0.3, -0.25) is 0 Å². The van der Waals surface area contributed by atoms with E-state index in [1.165, 1.54) is 18.5 Å². The number of nitrogens with two attached hydrogens (primary N) is 1. The number of nitrogen functional groups attached to an aromatic ring is 1. The first-order chi connectivity index (χ1) is 16.7. The summed E-state index contributed by atoms with van der Waals surface area (Å²) in [6, 6.07) is 24.5. The minimum Gasteiger partial charge on any atom is -0.459 e. The molecular weight excluding hydrogens is 429 g/mol. The van der Waals surface area contributed by atoms with E-state index in [-0.39, 0.29) is 5.82 Å².